The van der Waals surface area contributed by atoms with Crippen molar-refractivity contribution in [3.05, 3.63) is 28.8 Å². The SMILES string of the molecule is N#Cc1cc(N)c2c(c1)CCC2. The van der Waals surface area contributed by atoms with Crippen molar-refractivity contribution < 1.29 is 0 Å². The molecule has 0 unspecified atom stereocenters. The molecule has 60 valence electrons. The summed E-state index contributed by atoms with van der Waals surface area (Å²) in [6.07, 6.45) is 3.33. The molecule has 0 saturated heterocycles. The van der Waals surface area contributed by atoms with E-state index in [-0.39, 0.29) is 0 Å². The van der Waals surface area contributed by atoms with E-state index in [0.29, 0.717) is 5.56 Å². The first kappa shape index (κ1) is 7.17. The Kier molecular flexibility index (Phi) is 1.51. The maximum Gasteiger partial charge on any atom is 0.0992 e. The fourth-order valence-electron chi connectivity index (χ4n) is 1.80. The van der Waals surface area contributed by atoms with Gasteiger partial charge in [0.1, 0.15) is 0 Å². The molecule has 0 bridgehead atoms. The van der Waals surface area contributed by atoms with Crippen LogP contribution in [0.1, 0.15) is 23.1 Å². The summed E-state index contributed by atoms with van der Waals surface area (Å²) >= 11 is 0. The van der Waals surface area contributed by atoms with Crippen LogP contribution < -0.4 is 5.73 Å². The lowest BCUT2D eigenvalue weighted by molar-refractivity contribution is 0.912. The average Bonchev–Trinajstić information content (AvgIpc) is 2.52. The van der Waals surface area contributed by atoms with E-state index in [1.54, 1.807) is 6.07 Å². The molecule has 2 heteroatoms. The van der Waals surface area contributed by atoms with Gasteiger partial charge >= 0.3 is 0 Å². The number of benzene rings is 1. The number of hydrogen-bond acceptors (Lipinski definition) is 2. The van der Waals surface area contributed by atoms with Gasteiger partial charge in [0.05, 0.1) is 11.6 Å². The van der Waals surface area contributed by atoms with Crippen LogP contribution in [0.15, 0.2) is 12.1 Å². The van der Waals surface area contributed by atoms with E-state index in [1.165, 1.54) is 17.5 Å². The van der Waals surface area contributed by atoms with E-state index in [2.05, 4.69) is 6.07 Å². The first-order valence-electron chi connectivity index (χ1n) is 4.12. The van der Waals surface area contributed by atoms with E-state index in [1.807, 2.05) is 6.07 Å². The lowest BCUT2D eigenvalue weighted by Crippen LogP contribution is -1.94. The first-order valence-corrected chi connectivity index (χ1v) is 4.12. The molecule has 12 heavy (non-hydrogen) atoms. The van der Waals surface area contributed by atoms with Crippen molar-refractivity contribution in [1.29, 1.82) is 5.26 Å². The largest absolute Gasteiger partial charge is 0.398 e. The molecule has 0 aliphatic heterocycles. The maximum absolute atomic E-state index is 8.69. The second-order valence-electron chi connectivity index (χ2n) is 3.17. The van der Waals surface area contributed by atoms with Crippen molar-refractivity contribution in [1.82, 2.24) is 0 Å². The van der Waals surface area contributed by atoms with Crippen LogP contribution in [0.4, 0.5) is 5.69 Å². The average molecular weight is 158 g/mol. The molecular weight excluding hydrogens is 148 g/mol. The van der Waals surface area contributed by atoms with Gasteiger partial charge in [-0.25, -0.2) is 0 Å². The summed E-state index contributed by atoms with van der Waals surface area (Å²) in [5, 5.41) is 8.69. The fourth-order valence-corrected chi connectivity index (χ4v) is 1.80. The summed E-state index contributed by atoms with van der Waals surface area (Å²) in [6.45, 7) is 0. The zero-order valence-electron chi connectivity index (χ0n) is 6.80. The predicted molar refractivity (Wildman–Crippen MR) is 47.6 cm³/mol. The highest BCUT2D eigenvalue weighted by molar-refractivity contribution is 5.57. The molecule has 0 fully saturated rings. The number of nitriles is 1. The maximum atomic E-state index is 8.69. The Balaban J connectivity index is 2.60. The number of fused-ring (bicyclic) bond motifs is 1. The Morgan fingerprint density at radius 1 is 1.33 bits per heavy atom. The number of nitrogens with two attached hydrogens (primary N) is 1. The third-order valence-electron chi connectivity index (χ3n) is 2.38. The summed E-state index contributed by atoms with van der Waals surface area (Å²) in [7, 11) is 0. The Morgan fingerprint density at radius 3 is 2.92 bits per heavy atom. The Hall–Kier alpha value is -1.49. The van der Waals surface area contributed by atoms with Crippen LogP contribution in [0.5, 0.6) is 0 Å². The molecule has 2 rings (SSSR count). The number of nitrogen functional groups attached to an aromatic ring is 1. The van der Waals surface area contributed by atoms with Gasteiger partial charge in [0.15, 0.2) is 0 Å². The first-order chi connectivity index (χ1) is 5.81. The van der Waals surface area contributed by atoms with Crippen molar-refractivity contribution in [2.45, 2.75) is 19.3 Å². The molecule has 1 aromatic carbocycles. The van der Waals surface area contributed by atoms with Gasteiger partial charge in [-0.15, -0.1) is 0 Å². The number of aryl methyl sites for hydroxylation is 1. The van der Waals surface area contributed by atoms with Gasteiger partial charge in [0.25, 0.3) is 0 Å². The lowest BCUT2D eigenvalue weighted by atomic mass is 10.1. The van der Waals surface area contributed by atoms with Crippen molar-refractivity contribution in [3.63, 3.8) is 0 Å². The second-order valence-corrected chi connectivity index (χ2v) is 3.17. The van der Waals surface area contributed by atoms with Crippen LogP contribution in [0.3, 0.4) is 0 Å². The van der Waals surface area contributed by atoms with E-state index in [9.17, 15) is 0 Å². The lowest BCUT2D eigenvalue weighted by Gasteiger charge is -2.03. The number of hydrogen-bond donors (Lipinski definition) is 1. The van der Waals surface area contributed by atoms with Crippen molar-refractivity contribution in [2.75, 3.05) is 5.73 Å². The minimum Gasteiger partial charge on any atom is -0.398 e. The second kappa shape index (κ2) is 2.53. The molecule has 1 aliphatic carbocycles. The van der Waals surface area contributed by atoms with Gasteiger partial charge in [-0.3, -0.25) is 0 Å². The standard InChI is InChI=1S/C10H10N2/c11-6-7-4-8-2-1-3-9(8)10(12)5-7/h4-5H,1-3,12H2. The van der Waals surface area contributed by atoms with Gasteiger partial charge in [-0.05, 0) is 42.5 Å². The highest BCUT2D eigenvalue weighted by atomic mass is 14.6. The quantitative estimate of drug-likeness (QED) is 0.583. The van der Waals surface area contributed by atoms with Gasteiger partial charge < -0.3 is 5.73 Å². The van der Waals surface area contributed by atoms with Crippen LogP contribution in [0.2, 0.25) is 0 Å². The molecular formula is C10H10N2. The fraction of sp³-hybridized carbons (Fsp3) is 0.300. The molecule has 0 spiro atoms. The van der Waals surface area contributed by atoms with E-state index >= 15 is 0 Å². The van der Waals surface area contributed by atoms with Crippen LogP contribution in [-0.4, -0.2) is 0 Å². The molecule has 0 aromatic heterocycles. The molecule has 0 saturated carbocycles. The van der Waals surface area contributed by atoms with E-state index in [0.717, 1.165) is 18.5 Å². The van der Waals surface area contributed by atoms with Crippen LogP contribution in [-0.2, 0) is 12.8 Å². The minimum atomic E-state index is 0.688. The number of nitrogens with zero attached hydrogens (tertiary/aromatic N) is 1. The summed E-state index contributed by atoms with van der Waals surface area (Å²) in [6, 6.07) is 5.84. The van der Waals surface area contributed by atoms with Crippen LogP contribution >= 0.6 is 0 Å². The molecule has 0 amide bonds. The van der Waals surface area contributed by atoms with Crippen molar-refractivity contribution in [3.8, 4) is 6.07 Å². The minimum absolute atomic E-state index is 0.688. The molecule has 2 nitrogen and oxygen atoms in total. The van der Waals surface area contributed by atoms with Crippen molar-refractivity contribution in [2.24, 2.45) is 0 Å². The highest BCUT2D eigenvalue weighted by Crippen LogP contribution is 2.28. The van der Waals surface area contributed by atoms with E-state index < -0.39 is 0 Å². The number of rotatable bonds is 0. The molecule has 2 N–H and O–H groups in total. The smallest absolute Gasteiger partial charge is 0.0992 e. The molecule has 0 atom stereocenters. The highest BCUT2D eigenvalue weighted by Gasteiger charge is 2.14. The summed E-state index contributed by atoms with van der Waals surface area (Å²) in [4.78, 5) is 0. The third kappa shape index (κ3) is 0.947. The van der Waals surface area contributed by atoms with Gasteiger partial charge in [0.2, 0.25) is 0 Å². The zero-order chi connectivity index (χ0) is 8.55. The Labute approximate surface area is 71.6 Å². The molecule has 0 radical (unpaired) electrons. The van der Waals surface area contributed by atoms with Gasteiger partial charge in [-0.1, -0.05) is 0 Å². The normalized spacial score (nSPS) is 13.9. The van der Waals surface area contributed by atoms with Gasteiger partial charge in [-0.2, -0.15) is 5.26 Å². The summed E-state index contributed by atoms with van der Waals surface area (Å²) in [5.41, 5.74) is 9.81. The third-order valence-corrected chi connectivity index (χ3v) is 2.38. The topological polar surface area (TPSA) is 49.8 Å². The predicted octanol–water partition coefficient (Wildman–Crippen LogP) is 1.63. The summed E-state index contributed by atoms with van der Waals surface area (Å²) < 4.78 is 0. The Bertz CT molecular complexity index is 361. The molecule has 1 aliphatic rings. The molecule has 1 aromatic rings. The zero-order valence-corrected chi connectivity index (χ0v) is 6.80. The van der Waals surface area contributed by atoms with E-state index in [4.69, 9.17) is 11.0 Å². The monoisotopic (exact) mass is 158 g/mol. The molecule has 0 heterocycles. The van der Waals surface area contributed by atoms with Crippen LogP contribution in [0, 0.1) is 11.3 Å². The Morgan fingerprint density at radius 2 is 2.17 bits per heavy atom. The number of anilines is 1. The van der Waals surface area contributed by atoms with Crippen molar-refractivity contribution >= 4 is 5.69 Å². The van der Waals surface area contributed by atoms with Crippen LogP contribution in [0.25, 0.3) is 0 Å². The van der Waals surface area contributed by atoms with Gasteiger partial charge in [0, 0.05) is 5.69 Å². The summed E-state index contributed by atoms with van der Waals surface area (Å²) in [5.74, 6) is 0.